The summed E-state index contributed by atoms with van der Waals surface area (Å²) in [7, 11) is 1.21. The molecule has 0 spiro atoms. The molecule has 0 bridgehead atoms. The Hall–Kier alpha value is -1.63. The molecule has 0 aromatic carbocycles. The molecule has 2 N–H and O–H groups in total. The number of hydrogen-bond acceptors (Lipinski definition) is 5. The minimum Gasteiger partial charge on any atom is -0.372 e. The molecular formula is C12H17N5OS. The summed E-state index contributed by atoms with van der Waals surface area (Å²) in [6, 6.07) is 0.331. The van der Waals surface area contributed by atoms with Crippen LogP contribution >= 0.6 is 0 Å². The summed E-state index contributed by atoms with van der Waals surface area (Å²) in [6.45, 7) is 0. The number of fused-ring (bicyclic) bond motifs is 1. The quantitative estimate of drug-likeness (QED) is 0.880. The second-order valence-electron chi connectivity index (χ2n) is 4.65. The van der Waals surface area contributed by atoms with Gasteiger partial charge in [-0.2, -0.15) is 0 Å². The molecule has 3 rings (SSSR count). The van der Waals surface area contributed by atoms with Crippen LogP contribution in [0.1, 0.15) is 12.8 Å². The van der Waals surface area contributed by atoms with Gasteiger partial charge in [0.15, 0.2) is 11.5 Å². The van der Waals surface area contributed by atoms with Gasteiger partial charge in [0.25, 0.3) is 0 Å². The first-order valence-corrected chi connectivity index (χ1v) is 7.88. The third-order valence-electron chi connectivity index (χ3n) is 3.36. The van der Waals surface area contributed by atoms with E-state index in [0.717, 1.165) is 41.6 Å². The van der Waals surface area contributed by atoms with Gasteiger partial charge in [0.05, 0.1) is 6.20 Å². The highest BCUT2D eigenvalue weighted by Crippen LogP contribution is 2.20. The van der Waals surface area contributed by atoms with Crippen molar-refractivity contribution < 1.29 is 4.21 Å². The Morgan fingerprint density at radius 3 is 2.95 bits per heavy atom. The highest BCUT2D eigenvalue weighted by atomic mass is 32.2. The van der Waals surface area contributed by atoms with Gasteiger partial charge in [-0.25, -0.2) is 9.97 Å². The van der Waals surface area contributed by atoms with Gasteiger partial charge in [0, 0.05) is 47.8 Å². The number of nitrogens with one attached hydrogen (secondary N) is 2. The van der Waals surface area contributed by atoms with E-state index in [1.54, 1.807) is 6.20 Å². The summed E-state index contributed by atoms with van der Waals surface area (Å²) in [5.41, 5.74) is 0.825. The lowest BCUT2D eigenvalue weighted by Gasteiger charge is -2.23. The van der Waals surface area contributed by atoms with Gasteiger partial charge in [0.1, 0.15) is 5.82 Å². The third kappa shape index (κ3) is 2.56. The first-order valence-electron chi connectivity index (χ1n) is 6.39. The normalized spacial score (nSPS) is 23.4. The first-order chi connectivity index (χ1) is 9.26. The van der Waals surface area contributed by atoms with Crippen molar-refractivity contribution in [2.45, 2.75) is 18.9 Å². The molecule has 0 aliphatic carbocycles. The number of nitrogens with zero attached hydrogens (tertiary/aromatic N) is 3. The Kier molecular flexibility index (Phi) is 3.37. The number of imidazole rings is 1. The zero-order valence-electron chi connectivity index (χ0n) is 10.8. The van der Waals surface area contributed by atoms with Gasteiger partial charge < -0.3 is 15.0 Å². The second kappa shape index (κ2) is 5.16. The largest absolute Gasteiger partial charge is 0.372 e. The van der Waals surface area contributed by atoms with Crippen LogP contribution in [0, 0.1) is 0 Å². The topological polar surface area (TPSA) is 71.3 Å². The van der Waals surface area contributed by atoms with Gasteiger partial charge >= 0.3 is 0 Å². The Morgan fingerprint density at radius 1 is 1.42 bits per heavy atom. The zero-order chi connectivity index (χ0) is 13.2. The van der Waals surface area contributed by atoms with Gasteiger partial charge in [-0.05, 0) is 12.8 Å². The van der Waals surface area contributed by atoms with Crippen molar-refractivity contribution in [3.05, 3.63) is 18.6 Å². The van der Waals surface area contributed by atoms with Crippen molar-refractivity contribution in [3.8, 4) is 0 Å². The summed E-state index contributed by atoms with van der Waals surface area (Å²) < 4.78 is 13.3. The maximum absolute atomic E-state index is 11.4. The molecule has 0 saturated carbocycles. The molecule has 0 atom stereocenters. The van der Waals surface area contributed by atoms with Crippen molar-refractivity contribution in [1.82, 2.24) is 14.4 Å². The van der Waals surface area contributed by atoms with Crippen molar-refractivity contribution in [2.75, 3.05) is 29.2 Å². The van der Waals surface area contributed by atoms with E-state index in [-0.39, 0.29) is 0 Å². The Bertz CT molecular complexity index is 601. The highest BCUT2D eigenvalue weighted by Gasteiger charge is 2.19. The summed E-state index contributed by atoms with van der Waals surface area (Å²) in [6.07, 6.45) is 7.41. The Labute approximate surface area is 114 Å². The minimum absolute atomic E-state index is 0.331. The highest BCUT2D eigenvalue weighted by molar-refractivity contribution is 7.85. The Balaban J connectivity index is 1.87. The predicted octanol–water partition coefficient (Wildman–Crippen LogP) is 1.09. The average molecular weight is 279 g/mol. The monoisotopic (exact) mass is 279 g/mol. The first kappa shape index (κ1) is 12.4. The summed E-state index contributed by atoms with van der Waals surface area (Å²) in [5, 5.41) is 6.48. The summed E-state index contributed by atoms with van der Waals surface area (Å²) in [4.78, 5) is 8.85. The van der Waals surface area contributed by atoms with E-state index in [0.29, 0.717) is 6.04 Å². The molecule has 2 aromatic rings. The van der Waals surface area contributed by atoms with Crippen molar-refractivity contribution >= 4 is 28.1 Å². The lowest BCUT2D eigenvalue weighted by molar-refractivity contribution is 0.622. The zero-order valence-corrected chi connectivity index (χ0v) is 11.6. The fraction of sp³-hybridized carbons (Fsp3) is 0.500. The van der Waals surface area contributed by atoms with E-state index < -0.39 is 10.8 Å². The van der Waals surface area contributed by atoms with Crippen LogP contribution in [0.25, 0.3) is 5.65 Å². The molecule has 102 valence electrons. The number of aromatic nitrogens is 3. The molecule has 2 aromatic heterocycles. The molecule has 1 fully saturated rings. The molecule has 1 aliphatic rings. The van der Waals surface area contributed by atoms with Crippen LogP contribution in [0.4, 0.5) is 11.6 Å². The van der Waals surface area contributed by atoms with Crippen LogP contribution in [0.3, 0.4) is 0 Å². The molecular weight excluding hydrogens is 262 g/mol. The number of hydrogen-bond donors (Lipinski definition) is 2. The van der Waals surface area contributed by atoms with Crippen LogP contribution in [-0.2, 0) is 10.8 Å². The number of rotatable bonds is 3. The smallest absolute Gasteiger partial charge is 0.180 e. The maximum atomic E-state index is 11.4. The van der Waals surface area contributed by atoms with Crippen molar-refractivity contribution in [2.24, 2.45) is 0 Å². The number of anilines is 2. The maximum Gasteiger partial charge on any atom is 0.180 e. The lowest BCUT2D eigenvalue weighted by Crippen LogP contribution is -2.30. The minimum atomic E-state index is -0.638. The van der Waals surface area contributed by atoms with Crippen LogP contribution in [0.2, 0.25) is 0 Å². The van der Waals surface area contributed by atoms with E-state index in [2.05, 4.69) is 20.6 Å². The van der Waals surface area contributed by atoms with Crippen LogP contribution in [-0.4, -0.2) is 43.2 Å². The molecule has 1 aliphatic heterocycles. The van der Waals surface area contributed by atoms with E-state index in [1.165, 1.54) is 0 Å². The molecule has 19 heavy (non-hydrogen) atoms. The van der Waals surface area contributed by atoms with E-state index in [1.807, 2.05) is 23.8 Å². The lowest BCUT2D eigenvalue weighted by atomic mass is 10.1. The van der Waals surface area contributed by atoms with Crippen molar-refractivity contribution in [1.29, 1.82) is 0 Å². The van der Waals surface area contributed by atoms with Gasteiger partial charge in [-0.3, -0.25) is 4.21 Å². The molecule has 1 saturated heterocycles. The molecule has 0 amide bonds. The molecule has 0 radical (unpaired) electrons. The molecule has 7 heteroatoms. The van der Waals surface area contributed by atoms with Gasteiger partial charge in [-0.1, -0.05) is 0 Å². The Morgan fingerprint density at radius 2 is 2.21 bits per heavy atom. The molecule has 3 heterocycles. The van der Waals surface area contributed by atoms with E-state index in [4.69, 9.17) is 0 Å². The average Bonchev–Trinajstić information content (AvgIpc) is 2.89. The van der Waals surface area contributed by atoms with Gasteiger partial charge in [-0.15, -0.1) is 0 Å². The third-order valence-corrected chi connectivity index (χ3v) is 4.74. The SMILES string of the molecule is CNc1cn2ccnc2c(NC2CCS(=O)CC2)n1. The van der Waals surface area contributed by atoms with Crippen LogP contribution in [0.15, 0.2) is 18.6 Å². The summed E-state index contributed by atoms with van der Waals surface area (Å²) in [5.74, 6) is 3.13. The van der Waals surface area contributed by atoms with Gasteiger partial charge in [0.2, 0.25) is 0 Å². The molecule has 6 nitrogen and oxygen atoms in total. The van der Waals surface area contributed by atoms with Crippen LogP contribution in [0.5, 0.6) is 0 Å². The predicted molar refractivity (Wildman–Crippen MR) is 77.1 cm³/mol. The second-order valence-corrected chi connectivity index (χ2v) is 6.35. The standard InChI is InChI=1S/C12H17N5OS/c1-13-10-8-17-5-4-14-12(17)11(16-10)15-9-2-6-19(18)7-3-9/h4-5,8-9,13H,2-3,6-7H2,1H3,(H,15,16). The van der Waals surface area contributed by atoms with E-state index >= 15 is 0 Å². The fourth-order valence-corrected chi connectivity index (χ4v) is 3.58. The van der Waals surface area contributed by atoms with E-state index in [9.17, 15) is 4.21 Å². The van der Waals surface area contributed by atoms with Crippen molar-refractivity contribution in [3.63, 3.8) is 0 Å². The summed E-state index contributed by atoms with van der Waals surface area (Å²) >= 11 is 0. The fourth-order valence-electron chi connectivity index (χ4n) is 2.28. The molecule has 0 unspecified atom stereocenters. The van der Waals surface area contributed by atoms with Crippen LogP contribution < -0.4 is 10.6 Å².